The number of ether oxygens (including phenoxy) is 4. The van der Waals surface area contributed by atoms with Crippen molar-refractivity contribution in [1.29, 1.82) is 0 Å². The molecule has 25 heavy (non-hydrogen) atoms. The van der Waals surface area contributed by atoms with Gasteiger partial charge in [-0.2, -0.15) is 0 Å². The molecule has 0 aliphatic carbocycles. The van der Waals surface area contributed by atoms with Crippen molar-refractivity contribution in [3.05, 3.63) is 0 Å². The number of rotatable bonds is 7. The van der Waals surface area contributed by atoms with Crippen molar-refractivity contribution in [3.63, 3.8) is 0 Å². The summed E-state index contributed by atoms with van der Waals surface area (Å²) in [6.07, 6.45) is -5.23. The number of aliphatic hydroxyl groups is 1. The Kier molecular flexibility index (Phi) is 8.55. The summed E-state index contributed by atoms with van der Waals surface area (Å²) in [6.45, 7) is 9.97. The second-order valence-electron chi connectivity index (χ2n) is 6.45. The summed E-state index contributed by atoms with van der Waals surface area (Å²) in [5.74, 6) is -3.69. The molecule has 0 fully saturated rings. The minimum Gasteiger partial charge on any atom is -0.457 e. The van der Waals surface area contributed by atoms with Crippen molar-refractivity contribution in [2.24, 2.45) is 0 Å². The minimum atomic E-state index is -1.40. The van der Waals surface area contributed by atoms with Gasteiger partial charge in [-0.3, -0.25) is 0 Å². The lowest BCUT2D eigenvalue weighted by molar-refractivity contribution is -0.185. The van der Waals surface area contributed by atoms with E-state index < -0.39 is 53.9 Å². The van der Waals surface area contributed by atoms with Crippen molar-refractivity contribution in [3.8, 4) is 0 Å². The Morgan fingerprint density at radius 1 is 0.680 bits per heavy atom. The van der Waals surface area contributed by atoms with Crippen LogP contribution in [0.5, 0.6) is 0 Å². The van der Waals surface area contributed by atoms with Crippen LogP contribution in [-0.2, 0) is 38.1 Å². The van der Waals surface area contributed by atoms with E-state index in [1.165, 1.54) is 27.7 Å². The van der Waals surface area contributed by atoms with Crippen LogP contribution in [0, 0.1) is 0 Å². The van der Waals surface area contributed by atoms with Crippen LogP contribution in [0.2, 0.25) is 0 Å². The zero-order chi connectivity index (χ0) is 19.9. The summed E-state index contributed by atoms with van der Waals surface area (Å²) < 4.78 is 19.4. The molecular formula is C16H26O9. The zero-order valence-electron chi connectivity index (χ0n) is 15.5. The summed E-state index contributed by atoms with van der Waals surface area (Å²) in [4.78, 5) is 46.5. The van der Waals surface area contributed by atoms with Crippen LogP contribution in [0.15, 0.2) is 0 Å². The topological polar surface area (TPSA) is 125 Å². The highest BCUT2D eigenvalue weighted by Gasteiger charge is 2.30. The molecule has 9 nitrogen and oxygen atoms in total. The van der Waals surface area contributed by atoms with Gasteiger partial charge in [0.15, 0.2) is 18.3 Å². The third-order valence-corrected chi connectivity index (χ3v) is 2.62. The van der Waals surface area contributed by atoms with Crippen molar-refractivity contribution in [2.45, 2.75) is 78.5 Å². The van der Waals surface area contributed by atoms with Gasteiger partial charge < -0.3 is 24.1 Å². The number of carbonyl (C=O) groups excluding carboxylic acids is 4. The number of aliphatic hydroxyl groups excluding tert-OH is 1. The van der Waals surface area contributed by atoms with Gasteiger partial charge in [-0.25, -0.2) is 19.2 Å². The van der Waals surface area contributed by atoms with Crippen LogP contribution in [0.4, 0.5) is 0 Å². The fraction of sp³-hybridized carbons (Fsp3) is 0.750. The van der Waals surface area contributed by atoms with Gasteiger partial charge in [0.05, 0.1) is 0 Å². The monoisotopic (exact) mass is 362 g/mol. The molecule has 0 aromatic heterocycles. The Morgan fingerprint density at radius 2 is 1.00 bits per heavy atom. The third kappa shape index (κ3) is 9.04. The highest BCUT2D eigenvalue weighted by Crippen LogP contribution is 2.11. The molecule has 4 atom stereocenters. The van der Waals surface area contributed by atoms with E-state index in [2.05, 4.69) is 4.74 Å². The molecule has 0 unspecified atom stereocenters. The molecule has 1 N–H and O–H groups in total. The Morgan fingerprint density at radius 3 is 1.32 bits per heavy atom. The molecule has 0 rings (SSSR count). The summed E-state index contributed by atoms with van der Waals surface area (Å²) in [7, 11) is 0. The summed E-state index contributed by atoms with van der Waals surface area (Å²) in [5.41, 5.74) is -0.737. The fourth-order valence-corrected chi connectivity index (χ4v) is 1.34. The van der Waals surface area contributed by atoms with Crippen LogP contribution in [0.3, 0.4) is 0 Å². The van der Waals surface area contributed by atoms with Gasteiger partial charge >= 0.3 is 23.9 Å². The normalized spacial score (nSPS) is 16.0. The summed E-state index contributed by atoms with van der Waals surface area (Å²) in [5, 5.41) is 9.01. The van der Waals surface area contributed by atoms with E-state index in [-0.39, 0.29) is 0 Å². The second-order valence-corrected chi connectivity index (χ2v) is 6.45. The van der Waals surface area contributed by atoms with Gasteiger partial charge in [0.1, 0.15) is 11.7 Å². The first kappa shape index (κ1) is 22.8. The summed E-state index contributed by atoms with van der Waals surface area (Å²) in [6, 6.07) is 0. The van der Waals surface area contributed by atoms with E-state index in [0.717, 1.165) is 0 Å². The first-order valence-corrected chi connectivity index (χ1v) is 7.77. The number of esters is 4. The Hall–Kier alpha value is -2.16. The van der Waals surface area contributed by atoms with Crippen molar-refractivity contribution in [2.75, 3.05) is 0 Å². The smallest absolute Gasteiger partial charge is 0.347 e. The highest BCUT2D eigenvalue weighted by atomic mass is 16.6. The second kappa shape index (κ2) is 9.36. The first-order chi connectivity index (χ1) is 11.2. The summed E-state index contributed by atoms with van der Waals surface area (Å²) >= 11 is 0. The average Bonchev–Trinajstić information content (AvgIpc) is 2.44. The molecule has 0 aromatic carbocycles. The Balaban J connectivity index is 4.52. The van der Waals surface area contributed by atoms with Crippen LogP contribution >= 0.6 is 0 Å². The van der Waals surface area contributed by atoms with E-state index in [0.29, 0.717) is 0 Å². The molecule has 0 heterocycles. The molecule has 0 radical (unpaired) electrons. The SMILES string of the molecule is C[C@H](O)C(=O)O[C@@H](C)C(=O)O[C@@H](C)C(=O)O[C@@H](C)C(=O)OC(C)(C)C. The van der Waals surface area contributed by atoms with E-state index in [1.54, 1.807) is 20.8 Å². The molecule has 0 aromatic rings. The number of hydrogen-bond acceptors (Lipinski definition) is 9. The quantitative estimate of drug-likeness (QED) is 0.509. The lowest BCUT2D eigenvalue weighted by atomic mass is 10.2. The maximum Gasteiger partial charge on any atom is 0.347 e. The van der Waals surface area contributed by atoms with Crippen LogP contribution in [0.25, 0.3) is 0 Å². The van der Waals surface area contributed by atoms with Gasteiger partial charge in [-0.1, -0.05) is 0 Å². The van der Waals surface area contributed by atoms with Gasteiger partial charge in [-0.15, -0.1) is 0 Å². The molecular weight excluding hydrogens is 336 g/mol. The largest absolute Gasteiger partial charge is 0.457 e. The first-order valence-electron chi connectivity index (χ1n) is 7.77. The van der Waals surface area contributed by atoms with Crippen molar-refractivity contribution >= 4 is 23.9 Å². The zero-order valence-corrected chi connectivity index (χ0v) is 15.5. The van der Waals surface area contributed by atoms with Crippen LogP contribution in [-0.4, -0.2) is 59.0 Å². The van der Waals surface area contributed by atoms with E-state index >= 15 is 0 Å². The van der Waals surface area contributed by atoms with Gasteiger partial charge in [0.25, 0.3) is 0 Å². The van der Waals surface area contributed by atoms with Gasteiger partial charge in [-0.05, 0) is 48.5 Å². The predicted molar refractivity (Wildman–Crippen MR) is 84.2 cm³/mol. The lowest BCUT2D eigenvalue weighted by Gasteiger charge is -2.23. The maximum atomic E-state index is 11.9. The fourth-order valence-electron chi connectivity index (χ4n) is 1.34. The maximum absolute atomic E-state index is 11.9. The number of carbonyl (C=O) groups is 4. The molecule has 0 aliphatic heterocycles. The Bertz CT molecular complexity index is 504. The van der Waals surface area contributed by atoms with Crippen molar-refractivity contribution in [1.82, 2.24) is 0 Å². The number of hydrogen-bond donors (Lipinski definition) is 1. The lowest BCUT2D eigenvalue weighted by Crippen LogP contribution is -2.38. The van der Waals surface area contributed by atoms with Crippen molar-refractivity contribution < 1.29 is 43.2 Å². The standard InChI is InChI=1S/C16H26O9/c1-8(17)12(18)22-9(2)13(19)23-10(3)14(20)24-11(4)15(21)25-16(5,6)7/h8-11,17H,1-7H3/t8-,9-,10-,11-/m0/s1. The van der Waals surface area contributed by atoms with E-state index in [4.69, 9.17) is 19.3 Å². The average molecular weight is 362 g/mol. The molecule has 0 spiro atoms. The third-order valence-electron chi connectivity index (χ3n) is 2.62. The molecule has 144 valence electrons. The highest BCUT2D eigenvalue weighted by molar-refractivity contribution is 5.85. The minimum absolute atomic E-state index is 0.737. The Labute approximate surface area is 146 Å². The van der Waals surface area contributed by atoms with Gasteiger partial charge in [0.2, 0.25) is 0 Å². The van der Waals surface area contributed by atoms with Crippen LogP contribution < -0.4 is 0 Å². The van der Waals surface area contributed by atoms with Crippen LogP contribution in [0.1, 0.15) is 48.5 Å². The van der Waals surface area contributed by atoms with Gasteiger partial charge in [0, 0.05) is 0 Å². The van der Waals surface area contributed by atoms with E-state index in [1.807, 2.05) is 0 Å². The molecule has 0 amide bonds. The molecule has 0 saturated heterocycles. The predicted octanol–water partition coefficient (Wildman–Crippen LogP) is 0.504. The molecule has 0 aliphatic rings. The molecule has 0 saturated carbocycles. The molecule has 9 heteroatoms. The molecule has 0 bridgehead atoms. The van der Waals surface area contributed by atoms with E-state index in [9.17, 15) is 19.2 Å².